The number of benzene rings is 1. The maximum Gasteiger partial charge on any atom is 0.0705 e. The zero-order chi connectivity index (χ0) is 11.4. The number of aryl methyl sites for hydroxylation is 1. The molecule has 0 radical (unpaired) electrons. The summed E-state index contributed by atoms with van der Waals surface area (Å²) in [5.74, 6) is 0.894. The lowest BCUT2D eigenvalue weighted by Crippen LogP contribution is -1.83. The Morgan fingerprint density at radius 3 is 2.94 bits per heavy atom. The fourth-order valence-corrected chi connectivity index (χ4v) is 1.79. The van der Waals surface area contributed by atoms with Gasteiger partial charge in [-0.1, -0.05) is 24.3 Å². The smallest absolute Gasteiger partial charge is 0.0705 e. The molecule has 1 aromatic carbocycles. The lowest BCUT2D eigenvalue weighted by atomic mass is 10.1. The fourth-order valence-electron chi connectivity index (χ4n) is 1.64. The van der Waals surface area contributed by atoms with Crippen molar-refractivity contribution in [3.8, 4) is 0 Å². The van der Waals surface area contributed by atoms with Crippen LogP contribution < -0.4 is 0 Å². The molecule has 2 heteroatoms. The molecule has 1 nitrogen and oxygen atoms in total. The van der Waals surface area contributed by atoms with Crippen molar-refractivity contribution in [3.05, 3.63) is 47.7 Å². The summed E-state index contributed by atoms with van der Waals surface area (Å²) < 4.78 is 0. The van der Waals surface area contributed by atoms with Crippen LogP contribution in [0.3, 0.4) is 0 Å². The molecule has 0 atom stereocenters. The first kappa shape index (κ1) is 11.2. The molecule has 0 spiro atoms. The highest BCUT2D eigenvalue weighted by Crippen LogP contribution is 2.15. The summed E-state index contributed by atoms with van der Waals surface area (Å²) in [6.07, 6.45) is 5.29. The Morgan fingerprint density at radius 2 is 2.12 bits per heavy atom. The van der Waals surface area contributed by atoms with Crippen molar-refractivity contribution >= 4 is 29.6 Å². The van der Waals surface area contributed by atoms with Gasteiger partial charge >= 0.3 is 0 Å². The highest BCUT2D eigenvalue weighted by atomic mass is 32.1. The molecule has 0 N–H and O–H groups in total. The summed E-state index contributed by atoms with van der Waals surface area (Å²) in [5, 5.41) is 1.19. The van der Waals surface area contributed by atoms with Crippen LogP contribution in [0, 0.1) is 6.92 Å². The Hall–Kier alpha value is -1.28. The van der Waals surface area contributed by atoms with E-state index in [1.807, 2.05) is 13.0 Å². The minimum absolute atomic E-state index is 0.894. The number of hydrogen-bond acceptors (Lipinski definition) is 2. The van der Waals surface area contributed by atoms with Crippen molar-refractivity contribution in [2.45, 2.75) is 13.3 Å². The van der Waals surface area contributed by atoms with Gasteiger partial charge in [-0.3, -0.25) is 4.98 Å². The molecule has 1 heterocycles. The fraction of sp³-hybridized carbons (Fsp3) is 0.214. The van der Waals surface area contributed by atoms with E-state index in [2.05, 4.69) is 54.0 Å². The van der Waals surface area contributed by atoms with Crippen LogP contribution in [0.2, 0.25) is 0 Å². The Kier molecular flexibility index (Phi) is 3.62. The maximum atomic E-state index is 4.48. The number of nitrogens with zero attached hydrogens (tertiary/aromatic N) is 1. The van der Waals surface area contributed by atoms with E-state index < -0.39 is 0 Å². The SMILES string of the molecule is Cc1ccc2cc(C=CCCS)ccc2n1. The van der Waals surface area contributed by atoms with Crippen molar-refractivity contribution in [3.63, 3.8) is 0 Å². The Labute approximate surface area is 102 Å². The molecule has 82 valence electrons. The van der Waals surface area contributed by atoms with E-state index in [0.717, 1.165) is 23.4 Å². The molecule has 1 aromatic heterocycles. The minimum Gasteiger partial charge on any atom is -0.253 e. The number of pyridine rings is 1. The normalized spacial score (nSPS) is 11.4. The van der Waals surface area contributed by atoms with Crippen molar-refractivity contribution in [1.82, 2.24) is 4.98 Å². The third kappa shape index (κ3) is 2.64. The van der Waals surface area contributed by atoms with Gasteiger partial charge < -0.3 is 0 Å². The molecule has 2 rings (SSSR count). The molecular formula is C14H15NS. The quantitative estimate of drug-likeness (QED) is 0.788. The van der Waals surface area contributed by atoms with Crippen LogP contribution in [0.4, 0.5) is 0 Å². The molecule has 0 saturated carbocycles. The monoisotopic (exact) mass is 229 g/mol. The standard InChI is InChI=1S/C14H15NS/c1-11-5-7-13-10-12(4-2-3-9-16)6-8-14(13)15-11/h2,4-8,10,16H,3,9H2,1H3. The lowest BCUT2D eigenvalue weighted by molar-refractivity contribution is 1.25. The average molecular weight is 229 g/mol. The van der Waals surface area contributed by atoms with Gasteiger partial charge in [0.1, 0.15) is 0 Å². The Morgan fingerprint density at radius 1 is 1.25 bits per heavy atom. The van der Waals surface area contributed by atoms with Crippen LogP contribution in [0.5, 0.6) is 0 Å². The van der Waals surface area contributed by atoms with Gasteiger partial charge in [-0.15, -0.1) is 0 Å². The number of thiol groups is 1. The van der Waals surface area contributed by atoms with Gasteiger partial charge in [-0.2, -0.15) is 12.6 Å². The highest BCUT2D eigenvalue weighted by molar-refractivity contribution is 7.80. The largest absolute Gasteiger partial charge is 0.253 e. The molecule has 0 fully saturated rings. The van der Waals surface area contributed by atoms with Gasteiger partial charge in [0.05, 0.1) is 5.52 Å². The van der Waals surface area contributed by atoms with E-state index in [1.165, 1.54) is 10.9 Å². The summed E-state index contributed by atoms with van der Waals surface area (Å²) in [7, 11) is 0. The first-order valence-electron chi connectivity index (χ1n) is 5.44. The zero-order valence-electron chi connectivity index (χ0n) is 9.35. The van der Waals surface area contributed by atoms with Gasteiger partial charge in [-0.05, 0) is 42.9 Å². The van der Waals surface area contributed by atoms with Crippen molar-refractivity contribution in [2.24, 2.45) is 0 Å². The molecule has 16 heavy (non-hydrogen) atoms. The maximum absolute atomic E-state index is 4.48. The first-order valence-corrected chi connectivity index (χ1v) is 6.07. The van der Waals surface area contributed by atoms with Crippen molar-refractivity contribution in [1.29, 1.82) is 0 Å². The number of aromatic nitrogens is 1. The lowest BCUT2D eigenvalue weighted by Gasteiger charge is -2.00. The summed E-state index contributed by atoms with van der Waals surface area (Å²) >= 11 is 4.18. The van der Waals surface area contributed by atoms with E-state index in [9.17, 15) is 0 Å². The van der Waals surface area contributed by atoms with Crippen LogP contribution >= 0.6 is 12.6 Å². The van der Waals surface area contributed by atoms with Crippen molar-refractivity contribution in [2.75, 3.05) is 5.75 Å². The minimum atomic E-state index is 0.894. The van der Waals surface area contributed by atoms with Crippen LogP contribution in [0.15, 0.2) is 36.4 Å². The Balaban J connectivity index is 2.33. The second-order valence-electron chi connectivity index (χ2n) is 3.82. The predicted molar refractivity (Wildman–Crippen MR) is 74.0 cm³/mol. The molecule has 0 aliphatic rings. The molecule has 0 aliphatic heterocycles. The zero-order valence-corrected chi connectivity index (χ0v) is 10.2. The molecule has 0 unspecified atom stereocenters. The number of hydrogen-bond donors (Lipinski definition) is 1. The molecular weight excluding hydrogens is 214 g/mol. The summed E-state index contributed by atoms with van der Waals surface area (Å²) in [6, 6.07) is 10.5. The second-order valence-corrected chi connectivity index (χ2v) is 4.27. The van der Waals surface area contributed by atoms with Crippen molar-refractivity contribution < 1.29 is 0 Å². The molecule has 2 aromatic rings. The van der Waals surface area contributed by atoms with E-state index >= 15 is 0 Å². The van der Waals surface area contributed by atoms with Crippen LogP contribution in [0.25, 0.3) is 17.0 Å². The van der Waals surface area contributed by atoms with Gasteiger partial charge in [0.25, 0.3) is 0 Å². The van der Waals surface area contributed by atoms with Gasteiger partial charge in [0, 0.05) is 11.1 Å². The van der Waals surface area contributed by atoms with Crippen LogP contribution in [0.1, 0.15) is 17.7 Å². The van der Waals surface area contributed by atoms with Gasteiger partial charge in [0.15, 0.2) is 0 Å². The molecule has 0 saturated heterocycles. The number of fused-ring (bicyclic) bond motifs is 1. The van der Waals surface area contributed by atoms with Gasteiger partial charge in [-0.25, -0.2) is 0 Å². The van der Waals surface area contributed by atoms with E-state index in [-0.39, 0.29) is 0 Å². The molecule has 0 aliphatic carbocycles. The topological polar surface area (TPSA) is 12.9 Å². The third-order valence-electron chi connectivity index (χ3n) is 2.46. The summed E-state index contributed by atoms with van der Waals surface area (Å²) in [5.41, 5.74) is 3.34. The van der Waals surface area contributed by atoms with Crippen LogP contribution in [-0.4, -0.2) is 10.7 Å². The average Bonchev–Trinajstić information content (AvgIpc) is 2.29. The third-order valence-corrected chi connectivity index (χ3v) is 2.72. The predicted octanol–water partition coefficient (Wildman–Crippen LogP) is 3.88. The second kappa shape index (κ2) is 5.17. The van der Waals surface area contributed by atoms with E-state index in [4.69, 9.17) is 0 Å². The number of allylic oxidation sites excluding steroid dienone is 1. The molecule has 0 amide bonds. The first-order chi connectivity index (χ1) is 7.79. The highest BCUT2D eigenvalue weighted by Gasteiger charge is 1.95. The van der Waals surface area contributed by atoms with Gasteiger partial charge in [0.2, 0.25) is 0 Å². The summed E-state index contributed by atoms with van der Waals surface area (Å²) in [6.45, 7) is 2.01. The summed E-state index contributed by atoms with van der Waals surface area (Å²) in [4.78, 5) is 4.48. The van der Waals surface area contributed by atoms with E-state index in [1.54, 1.807) is 0 Å². The number of rotatable bonds is 3. The Bertz CT molecular complexity index is 517. The molecule has 0 bridgehead atoms. The van der Waals surface area contributed by atoms with E-state index in [0.29, 0.717) is 0 Å². The van der Waals surface area contributed by atoms with Crippen LogP contribution in [-0.2, 0) is 0 Å².